The van der Waals surface area contributed by atoms with Crippen molar-refractivity contribution in [2.75, 3.05) is 13.9 Å². The van der Waals surface area contributed by atoms with Gasteiger partial charge in [-0.25, -0.2) is 9.23 Å². The minimum Gasteiger partial charge on any atom is -0.361 e. The number of aromatic nitrogens is 1. The molecule has 2 aliphatic heterocycles. The van der Waals surface area contributed by atoms with E-state index in [2.05, 4.69) is 10.3 Å². The van der Waals surface area contributed by atoms with Crippen LogP contribution in [0.25, 0.3) is 0 Å². The van der Waals surface area contributed by atoms with Crippen molar-refractivity contribution < 1.29 is 18.8 Å². The lowest BCUT2D eigenvalue weighted by molar-refractivity contribution is -0.196. The van der Waals surface area contributed by atoms with Crippen LogP contribution >= 0.6 is 23.2 Å². The van der Waals surface area contributed by atoms with Crippen molar-refractivity contribution in [1.29, 1.82) is 0 Å². The van der Waals surface area contributed by atoms with Crippen molar-refractivity contribution in [3.05, 3.63) is 111 Å². The van der Waals surface area contributed by atoms with Crippen LogP contribution in [0.15, 0.2) is 73.2 Å². The molecule has 5 rings (SSSR count). The number of Topliss-reactive ketones (excluding diaryl/α,β-unsaturated/α-hetero) is 1. The number of alkyl halides is 1. The van der Waals surface area contributed by atoms with Crippen LogP contribution in [0.5, 0.6) is 0 Å². The topological polar surface area (TPSA) is 74.8 Å². The van der Waals surface area contributed by atoms with Gasteiger partial charge in [0.05, 0.1) is 5.02 Å². The summed E-state index contributed by atoms with van der Waals surface area (Å²) in [6.45, 7) is 0.528. The van der Waals surface area contributed by atoms with E-state index in [0.29, 0.717) is 32.4 Å². The molecule has 0 radical (unpaired) electrons. The Balaban J connectivity index is 1.69. The second-order valence-electron chi connectivity index (χ2n) is 9.08. The lowest BCUT2D eigenvalue weighted by Gasteiger charge is -2.38. The van der Waals surface area contributed by atoms with Crippen molar-refractivity contribution in [2.45, 2.75) is 24.5 Å². The average Bonchev–Trinajstić information content (AvgIpc) is 3.36. The molecule has 37 heavy (non-hydrogen) atoms. The van der Waals surface area contributed by atoms with E-state index in [1.165, 1.54) is 6.20 Å². The number of hydrogen-bond donors (Lipinski definition) is 1. The monoisotopic (exact) mass is 540 g/mol. The minimum absolute atomic E-state index is 0.157. The van der Waals surface area contributed by atoms with E-state index in [1.807, 2.05) is 0 Å². The van der Waals surface area contributed by atoms with Gasteiger partial charge in [-0.15, -0.1) is 0 Å². The molecule has 2 aliphatic rings. The molecule has 190 valence electrons. The first kappa shape index (κ1) is 25.2. The van der Waals surface area contributed by atoms with Gasteiger partial charge < -0.3 is 10.2 Å². The molecular formula is C27H23Cl2FN4O3. The third-order valence-electron chi connectivity index (χ3n) is 7.02. The van der Waals surface area contributed by atoms with E-state index in [9.17, 15) is 14.0 Å². The Hall–Kier alpha value is -3.46. The molecule has 10 heteroatoms. The first-order chi connectivity index (χ1) is 17.7. The summed E-state index contributed by atoms with van der Waals surface area (Å²) in [6.07, 6.45) is 5.12. The molecule has 1 unspecified atom stereocenters. The molecule has 1 aromatic heterocycles. The van der Waals surface area contributed by atoms with Gasteiger partial charge in [0.2, 0.25) is 12.6 Å². The first-order valence-electron chi connectivity index (χ1n) is 11.5. The largest absolute Gasteiger partial charge is 0.361 e. The second kappa shape index (κ2) is 9.45. The number of pyridine rings is 1. The molecule has 0 aliphatic carbocycles. The molecule has 3 heterocycles. The highest BCUT2D eigenvalue weighted by atomic mass is 35.5. The fraction of sp³-hybridized carbons (Fsp3) is 0.222. The standard InChI is InChI=1S/C27H23Cl2FN4O3/c1-26(32-11-12-33(26)2)24(35)17-3-10-23-22(13-17)25(36)34(37-16-30)27(23,18-4-6-19(28)7-5-18)14-21-9-8-20(29)15-31-21/h3-13,15,32H,14,16H2,1-2H3/t26?,27-/m1/s1. The molecule has 1 N–H and O–H groups in total. The number of carbonyl (C=O) groups excluding carboxylic acids is 2. The van der Waals surface area contributed by atoms with Gasteiger partial charge in [0.25, 0.3) is 5.91 Å². The quantitative estimate of drug-likeness (QED) is 0.420. The molecule has 0 saturated carbocycles. The number of fused-ring (bicyclic) bond motifs is 1. The third-order valence-corrected chi connectivity index (χ3v) is 7.50. The van der Waals surface area contributed by atoms with Crippen LogP contribution in [-0.2, 0) is 16.8 Å². The van der Waals surface area contributed by atoms with Crippen molar-refractivity contribution in [2.24, 2.45) is 0 Å². The number of hydrogen-bond acceptors (Lipinski definition) is 6. The van der Waals surface area contributed by atoms with Crippen LogP contribution < -0.4 is 5.32 Å². The van der Waals surface area contributed by atoms with Crippen LogP contribution in [0.3, 0.4) is 0 Å². The number of likely N-dealkylation sites (N-methyl/N-ethyl adjacent to an activating group) is 1. The summed E-state index contributed by atoms with van der Waals surface area (Å²) in [7, 11) is 1.79. The Kier molecular flexibility index (Phi) is 6.43. The number of hydroxylamine groups is 2. The zero-order chi connectivity index (χ0) is 26.4. The predicted molar refractivity (Wildman–Crippen MR) is 138 cm³/mol. The van der Waals surface area contributed by atoms with Crippen LogP contribution in [0.2, 0.25) is 10.0 Å². The molecule has 0 bridgehead atoms. The number of carbonyl (C=O) groups is 2. The fourth-order valence-corrected chi connectivity index (χ4v) is 5.18. The number of amides is 1. The van der Waals surface area contributed by atoms with Gasteiger partial charge in [-0.3, -0.25) is 14.6 Å². The zero-order valence-electron chi connectivity index (χ0n) is 20.0. The SMILES string of the molecule is CN1C=CNC1(C)C(=O)c1ccc2c(c1)C(=O)N(OCF)[C@]2(Cc1ccc(Cl)cn1)c1ccc(Cl)cc1. The Morgan fingerprint density at radius 2 is 1.84 bits per heavy atom. The van der Waals surface area contributed by atoms with Crippen LogP contribution in [-0.4, -0.2) is 46.2 Å². The van der Waals surface area contributed by atoms with Crippen molar-refractivity contribution in [1.82, 2.24) is 20.3 Å². The maximum Gasteiger partial charge on any atom is 0.279 e. The van der Waals surface area contributed by atoms with Crippen molar-refractivity contribution >= 4 is 34.9 Å². The van der Waals surface area contributed by atoms with Gasteiger partial charge in [0.15, 0.2) is 5.66 Å². The smallest absolute Gasteiger partial charge is 0.279 e. The maximum absolute atomic E-state index is 13.7. The third kappa shape index (κ3) is 4.05. The molecule has 0 fully saturated rings. The first-order valence-corrected chi connectivity index (χ1v) is 12.2. The molecule has 2 aromatic carbocycles. The van der Waals surface area contributed by atoms with Gasteiger partial charge in [0.1, 0.15) is 5.54 Å². The van der Waals surface area contributed by atoms with Gasteiger partial charge in [-0.1, -0.05) is 47.5 Å². The summed E-state index contributed by atoms with van der Waals surface area (Å²) >= 11 is 12.2. The molecule has 3 aromatic rings. The molecule has 0 spiro atoms. The van der Waals surface area contributed by atoms with E-state index in [-0.39, 0.29) is 17.8 Å². The van der Waals surface area contributed by atoms with Crippen molar-refractivity contribution in [3.63, 3.8) is 0 Å². The van der Waals surface area contributed by atoms with Crippen LogP contribution in [0.1, 0.15) is 44.5 Å². The van der Waals surface area contributed by atoms with Gasteiger partial charge in [0, 0.05) is 53.9 Å². The van der Waals surface area contributed by atoms with Gasteiger partial charge in [-0.05, 0) is 48.4 Å². The van der Waals surface area contributed by atoms with Gasteiger partial charge in [-0.2, -0.15) is 5.06 Å². The Labute approximate surface area is 223 Å². The van der Waals surface area contributed by atoms with Gasteiger partial charge >= 0.3 is 0 Å². The number of nitrogens with zero attached hydrogens (tertiary/aromatic N) is 3. The molecule has 2 atom stereocenters. The van der Waals surface area contributed by atoms with E-state index in [0.717, 1.165) is 5.06 Å². The van der Waals surface area contributed by atoms with E-state index in [4.69, 9.17) is 28.0 Å². The highest BCUT2D eigenvalue weighted by molar-refractivity contribution is 6.30. The summed E-state index contributed by atoms with van der Waals surface area (Å²) in [5.74, 6) is -0.792. The normalized spacial score (nSPS) is 22.4. The zero-order valence-corrected chi connectivity index (χ0v) is 21.6. The summed E-state index contributed by atoms with van der Waals surface area (Å²) < 4.78 is 13.7. The van der Waals surface area contributed by atoms with E-state index < -0.39 is 24.0 Å². The maximum atomic E-state index is 13.7. The number of benzene rings is 2. The highest BCUT2D eigenvalue weighted by Crippen LogP contribution is 2.47. The van der Waals surface area contributed by atoms with E-state index >= 15 is 0 Å². The lowest BCUT2D eigenvalue weighted by Crippen LogP contribution is -2.53. The number of halogens is 3. The summed E-state index contributed by atoms with van der Waals surface area (Å²) in [4.78, 5) is 38.8. The van der Waals surface area contributed by atoms with Crippen LogP contribution in [0, 0.1) is 0 Å². The highest BCUT2D eigenvalue weighted by Gasteiger charge is 2.53. The van der Waals surface area contributed by atoms with E-state index in [1.54, 1.807) is 85.9 Å². The molecule has 0 saturated heterocycles. The number of ketones is 1. The predicted octanol–water partition coefficient (Wildman–Crippen LogP) is 5.09. The molecule has 7 nitrogen and oxygen atoms in total. The minimum atomic E-state index is -1.28. The second-order valence-corrected chi connectivity index (χ2v) is 9.95. The fourth-order valence-electron chi connectivity index (χ4n) is 4.94. The molecule has 1 amide bonds. The Morgan fingerprint density at radius 3 is 2.46 bits per heavy atom. The Morgan fingerprint density at radius 1 is 1.11 bits per heavy atom. The van der Waals surface area contributed by atoms with Crippen LogP contribution in [0.4, 0.5) is 4.39 Å². The van der Waals surface area contributed by atoms with Crippen molar-refractivity contribution in [3.8, 4) is 0 Å². The Bertz CT molecular complexity index is 1400. The number of nitrogens with one attached hydrogen (secondary N) is 1. The summed E-state index contributed by atoms with van der Waals surface area (Å²) in [5.41, 5.74) is 0.0715. The average molecular weight is 541 g/mol. The molecular weight excluding hydrogens is 518 g/mol. The summed E-state index contributed by atoms with van der Waals surface area (Å²) in [5, 5.41) is 5.07. The lowest BCUT2D eigenvalue weighted by atomic mass is 9.79. The summed E-state index contributed by atoms with van der Waals surface area (Å²) in [6, 6.07) is 15.3. The number of rotatable bonds is 7.